The Kier molecular flexibility index (Phi) is 4.98. The molecule has 0 radical (unpaired) electrons. The molecule has 148 valence electrons. The van der Waals surface area contributed by atoms with Gasteiger partial charge >= 0.3 is 0 Å². The van der Waals surface area contributed by atoms with E-state index in [0.717, 1.165) is 57.1 Å². The molecule has 0 amide bonds. The molecule has 2 aromatic heterocycles. The zero-order chi connectivity index (χ0) is 19.6. The molecule has 5 heteroatoms. The van der Waals surface area contributed by atoms with E-state index in [2.05, 4.69) is 56.5 Å². The molecule has 0 atom stereocenters. The van der Waals surface area contributed by atoms with Gasteiger partial charge in [0, 0.05) is 68.0 Å². The van der Waals surface area contributed by atoms with Crippen LogP contribution in [0.2, 0.25) is 0 Å². The molecule has 2 aliphatic heterocycles. The van der Waals surface area contributed by atoms with Crippen LogP contribution < -0.4 is 0 Å². The summed E-state index contributed by atoms with van der Waals surface area (Å²) in [5.41, 5.74) is 6.21. The Hall–Kier alpha value is -2.79. The third kappa shape index (κ3) is 3.62. The van der Waals surface area contributed by atoms with Crippen LogP contribution in [0.25, 0.3) is 10.9 Å². The number of aliphatic imine (C=N–C) groups is 1. The molecule has 29 heavy (non-hydrogen) atoms. The minimum atomic E-state index is 0.837. The van der Waals surface area contributed by atoms with Crippen molar-refractivity contribution < 1.29 is 0 Å². The van der Waals surface area contributed by atoms with E-state index in [1.807, 2.05) is 12.3 Å². The minimum absolute atomic E-state index is 0.837. The molecule has 0 unspecified atom stereocenters. The molecule has 5 rings (SSSR count). The van der Waals surface area contributed by atoms with Gasteiger partial charge in [0.1, 0.15) is 0 Å². The Morgan fingerprint density at radius 3 is 2.93 bits per heavy atom. The number of aromatic nitrogens is 3. The lowest BCUT2D eigenvalue weighted by Gasteiger charge is -2.28. The maximum atomic E-state index is 4.87. The SMILES string of the molecule is C=CCn1cc(CN2CCc3nc(C4=NCCCC4)ncc3C2)c2ccccc21. The second-order valence-electron chi connectivity index (χ2n) is 8.02. The molecule has 0 saturated heterocycles. The van der Waals surface area contributed by atoms with E-state index in [1.165, 1.54) is 40.6 Å². The van der Waals surface area contributed by atoms with Crippen molar-refractivity contribution in [1.82, 2.24) is 19.4 Å². The fraction of sp³-hybridized carbons (Fsp3) is 0.375. The highest BCUT2D eigenvalue weighted by Gasteiger charge is 2.21. The maximum absolute atomic E-state index is 4.87. The molecule has 4 heterocycles. The summed E-state index contributed by atoms with van der Waals surface area (Å²) < 4.78 is 2.29. The quantitative estimate of drug-likeness (QED) is 0.620. The van der Waals surface area contributed by atoms with E-state index in [0.29, 0.717) is 0 Å². The Bertz CT molecular complexity index is 1080. The van der Waals surface area contributed by atoms with Crippen LogP contribution in [-0.2, 0) is 26.1 Å². The van der Waals surface area contributed by atoms with E-state index in [1.54, 1.807) is 0 Å². The lowest BCUT2D eigenvalue weighted by atomic mass is 10.0. The van der Waals surface area contributed by atoms with Gasteiger partial charge in [0.05, 0.1) is 11.4 Å². The standard InChI is InChI=1S/C24H27N5/c1-2-12-29-17-19(20-7-3-4-9-23(20)29)16-28-13-10-21-18(15-28)14-26-24(27-21)22-8-5-6-11-25-22/h2-4,7,9,14,17H,1,5-6,8,10-13,15-16H2. The highest BCUT2D eigenvalue weighted by molar-refractivity contribution is 5.97. The van der Waals surface area contributed by atoms with Gasteiger partial charge < -0.3 is 4.57 Å². The first-order valence-electron chi connectivity index (χ1n) is 10.6. The van der Waals surface area contributed by atoms with Crippen LogP contribution in [0.15, 0.2) is 54.3 Å². The molecule has 3 aromatic rings. The number of benzene rings is 1. The number of fused-ring (bicyclic) bond motifs is 2. The van der Waals surface area contributed by atoms with Gasteiger partial charge in [0.15, 0.2) is 5.82 Å². The number of para-hydroxylation sites is 1. The Labute approximate surface area is 171 Å². The monoisotopic (exact) mass is 385 g/mol. The predicted molar refractivity (Wildman–Crippen MR) is 117 cm³/mol. The molecule has 2 aliphatic rings. The van der Waals surface area contributed by atoms with Crippen molar-refractivity contribution in [3.63, 3.8) is 0 Å². The van der Waals surface area contributed by atoms with Gasteiger partial charge in [-0.25, -0.2) is 9.97 Å². The van der Waals surface area contributed by atoms with Crippen molar-refractivity contribution in [2.45, 2.75) is 45.3 Å². The number of hydrogen-bond donors (Lipinski definition) is 0. The van der Waals surface area contributed by atoms with Gasteiger partial charge in [-0.2, -0.15) is 0 Å². The van der Waals surface area contributed by atoms with Gasteiger partial charge in [-0.05, 0) is 30.9 Å². The third-order valence-corrected chi connectivity index (χ3v) is 5.99. The first-order valence-corrected chi connectivity index (χ1v) is 10.6. The van der Waals surface area contributed by atoms with Gasteiger partial charge in [0.2, 0.25) is 0 Å². The highest BCUT2D eigenvalue weighted by Crippen LogP contribution is 2.25. The van der Waals surface area contributed by atoms with Crippen molar-refractivity contribution in [1.29, 1.82) is 0 Å². The summed E-state index contributed by atoms with van der Waals surface area (Å²) in [6.07, 6.45) is 10.6. The Morgan fingerprint density at radius 2 is 2.07 bits per heavy atom. The normalized spacial score (nSPS) is 17.2. The van der Waals surface area contributed by atoms with Crippen molar-refractivity contribution in [3.05, 3.63) is 72.0 Å². The third-order valence-electron chi connectivity index (χ3n) is 5.99. The smallest absolute Gasteiger partial charge is 0.173 e. The number of nitrogens with zero attached hydrogens (tertiary/aromatic N) is 5. The van der Waals surface area contributed by atoms with Crippen LogP contribution in [0.1, 0.15) is 41.9 Å². The second kappa shape index (κ2) is 7.91. The first-order chi connectivity index (χ1) is 14.3. The molecule has 0 saturated carbocycles. The summed E-state index contributed by atoms with van der Waals surface area (Å²) in [6, 6.07) is 8.65. The number of allylic oxidation sites excluding steroid dienone is 1. The zero-order valence-corrected chi connectivity index (χ0v) is 16.8. The van der Waals surface area contributed by atoms with E-state index < -0.39 is 0 Å². The molecule has 1 aromatic carbocycles. The Balaban J connectivity index is 1.36. The summed E-state index contributed by atoms with van der Waals surface area (Å²) in [5.74, 6) is 0.851. The number of rotatable bonds is 5. The summed E-state index contributed by atoms with van der Waals surface area (Å²) in [6.45, 7) is 8.53. The van der Waals surface area contributed by atoms with Crippen LogP contribution in [0.3, 0.4) is 0 Å². The van der Waals surface area contributed by atoms with Crippen LogP contribution >= 0.6 is 0 Å². The second-order valence-corrected chi connectivity index (χ2v) is 8.02. The maximum Gasteiger partial charge on any atom is 0.173 e. The van der Waals surface area contributed by atoms with Gasteiger partial charge in [-0.3, -0.25) is 9.89 Å². The highest BCUT2D eigenvalue weighted by atomic mass is 15.1. The van der Waals surface area contributed by atoms with Gasteiger partial charge in [-0.15, -0.1) is 6.58 Å². The van der Waals surface area contributed by atoms with Crippen molar-refractivity contribution in [2.24, 2.45) is 4.99 Å². The lowest BCUT2D eigenvalue weighted by Crippen LogP contribution is -2.31. The molecule has 5 nitrogen and oxygen atoms in total. The average Bonchev–Trinajstić information content (AvgIpc) is 3.12. The largest absolute Gasteiger partial charge is 0.343 e. The van der Waals surface area contributed by atoms with E-state index in [-0.39, 0.29) is 0 Å². The summed E-state index contributed by atoms with van der Waals surface area (Å²) in [4.78, 5) is 16.7. The predicted octanol–water partition coefficient (Wildman–Crippen LogP) is 4.15. The topological polar surface area (TPSA) is 46.3 Å². The van der Waals surface area contributed by atoms with Crippen molar-refractivity contribution in [3.8, 4) is 0 Å². The summed E-state index contributed by atoms with van der Waals surface area (Å²) in [7, 11) is 0. The molecule has 0 fully saturated rings. The van der Waals surface area contributed by atoms with Crippen molar-refractivity contribution in [2.75, 3.05) is 13.1 Å². The van der Waals surface area contributed by atoms with Gasteiger partial charge in [0.25, 0.3) is 0 Å². The minimum Gasteiger partial charge on any atom is -0.343 e. The number of hydrogen-bond acceptors (Lipinski definition) is 4. The summed E-state index contributed by atoms with van der Waals surface area (Å²) in [5, 5.41) is 1.34. The lowest BCUT2D eigenvalue weighted by molar-refractivity contribution is 0.243. The van der Waals surface area contributed by atoms with E-state index in [4.69, 9.17) is 4.98 Å². The van der Waals surface area contributed by atoms with Crippen LogP contribution in [0, 0.1) is 0 Å². The van der Waals surface area contributed by atoms with Crippen LogP contribution in [-0.4, -0.2) is 38.2 Å². The molecular weight excluding hydrogens is 358 g/mol. The summed E-state index contributed by atoms with van der Waals surface area (Å²) >= 11 is 0. The molecule has 0 aliphatic carbocycles. The Morgan fingerprint density at radius 1 is 1.14 bits per heavy atom. The fourth-order valence-corrected chi connectivity index (χ4v) is 4.51. The molecule has 0 bridgehead atoms. The molecular formula is C24H27N5. The zero-order valence-electron chi connectivity index (χ0n) is 16.8. The van der Waals surface area contributed by atoms with Crippen LogP contribution in [0.5, 0.6) is 0 Å². The van der Waals surface area contributed by atoms with Crippen molar-refractivity contribution >= 4 is 16.6 Å². The molecule has 0 N–H and O–H groups in total. The van der Waals surface area contributed by atoms with E-state index >= 15 is 0 Å². The average molecular weight is 386 g/mol. The fourth-order valence-electron chi connectivity index (χ4n) is 4.51. The van der Waals surface area contributed by atoms with Crippen LogP contribution in [0.4, 0.5) is 0 Å². The van der Waals surface area contributed by atoms with E-state index in [9.17, 15) is 0 Å². The molecule has 0 spiro atoms. The van der Waals surface area contributed by atoms with Gasteiger partial charge in [-0.1, -0.05) is 24.3 Å². The first kappa shape index (κ1) is 18.3.